The van der Waals surface area contributed by atoms with Gasteiger partial charge in [-0.05, 0) is 18.1 Å². The Kier molecular flexibility index (Phi) is 6.22. The second-order valence-corrected chi connectivity index (χ2v) is 7.99. The highest BCUT2D eigenvalue weighted by molar-refractivity contribution is 5.81. The zero-order valence-corrected chi connectivity index (χ0v) is 16.2. The van der Waals surface area contributed by atoms with Gasteiger partial charge in [0.25, 0.3) is 0 Å². The first kappa shape index (κ1) is 19.4. The summed E-state index contributed by atoms with van der Waals surface area (Å²) in [6, 6.07) is 8.15. The molecule has 0 atom stereocenters. The van der Waals surface area contributed by atoms with E-state index in [9.17, 15) is 9.59 Å². The quantitative estimate of drug-likeness (QED) is 0.840. The monoisotopic (exact) mass is 345 g/mol. The number of aryl methyl sites for hydroxylation is 1. The van der Waals surface area contributed by atoms with Crippen LogP contribution in [0.5, 0.6) is 0 Å². The molecule has 0 aliphatic carbocycles. The Labute approximate surface area is 151 Å². The van der Waals surface area contributed by atoms with Crippen LogP contribution < -0.4 is 0 Å². The Morgan fingerprint density at radius 1 is 1.08 bits per heavy atom. The highest BCUT2D eigenvalue weighted by atomic mass is 16.2. The van der Waals surface area contributed by atoms with Crippen molar-refractivity contribution in [3.63, 3.8) is 0 Å². The van der Waals surface area contributed by atoms with Crippen molar-refractivity contribution >= 4 is 11.8 Å². The molecule has 1 fully saturated rings. The number of hydrogen-bond acceptors (Lipinski definition) is 3. The van der Waals surface area contributed by atoms with Crippen molar-refractivity contribution in [1.29, 1.82) is 0 Å². The predicted octanol–water partition coefficient (Wildman–Crippen LogP) is 2.14. The lowest BCUT2D eigenvalue weighted by molar-refractivity contribution is -0.141. The number of hydrogen-bond donors (Lipinski definition) is 0. The molecule has 2 rings (SSSR count). The highest BCUT2D eigenvalue weighted by Crippen LogP contribution is 2.18. The summed E-state index contributed by atoms with van der Waals surface area (Å²) in [6.07, 6.45) is 0. The van der Waals surface area contributed by atoms with Crippen molar-refractivity contribution in [2.45, 2.75) is 34.2 Å². The summed E-state index contributed by atoms with van der Waals surface area (Å²) < 4.78 is 0. The van der Waals surface area contributed by atoms with Gasteiger partial charge in [-0.2, -0.15) is 0 Å². The van der Waals surface area contributed by atoms with Crippen LogP contribution in [0.1, 0.15) is 31.9 Å². The fourth-order valence-electron chi connectivity index (χ4n) is 3.03. The van der Waals surface area contributed by atoms with Gasteiger partial charge in [0.05, 0.1) is 6.54 Å². The van der Waals surface area contributed by atoms with Gasteiger partial charge in [-0.25, -0.2) is 0 Å². The molecule has 0 spiro atoms. The SMILES string of the molecule is Cc1ccccc1CN(C)C(=O)CN1CCN(C(=O)C(C)(C)C)CC1. The van der Waals surface area contributed by atoms with E-state index in [1.165, 1.54) is 11.1 Å². The third kappa shape index (κ3) is 5.30. The van der Waals surface area contributed by atoms with Gasteiger partial charge in [-0.15, -0.1) is 0 Å². The van der Waals surface area contributed by atoms with Gasteiger partial charge in [-0.1, -0.05) is 45.0 Å². The first-order chi connectivity index (χ1) is 11.7. The first-order valence-electron chi connectivity index (χ1n) is 8.98. The smallest absolute Gasteiger partial charge is 0.236 e. The Morgan fingerprint density at radius 2 is 1.68 bits per heavy atom. The molecule has 1 heterocycles. The Hall–Kier alpha value is -1.88. The van der Waals surface area contributed by atoms with E-state index in [4.69, 9.17) is 0 Å². The molecule has 1 aromatic rings. The van der Waals surface area contributed by atoms with E-state index in [0.717, 1.165) is 13.1 Å². The third-order valence-corrected chi connectivity index (χ3v) is 4.75. The molecule has 0 saturated carbocycles. The van der Waals surface area contributed by atoms with Gasteiger partial charge in [-0.3, -0.25) is 14.5 Å². The average Bonchev–Trinajstić information content (AvgIpc) is 2.56. The van der Waals surface area contributed by atoms with Crippen LogP contribution in [0.25, 0.3) is 0 Å². The molecule has 1 aliphatic rings. The Morgan fingerprint density at radius 3 is 2.24 bits per heavy atom. The lowest BCUT2D eigenvalue weighted by Gasteiger charge is -2.37. The van der Waals surface area contributed by atoms with Crippen LogP contribution in [0.15, 0.2) is 24.3 Å². The van der Waals surface area contributed by atoms with Gasteiger partial charge >= 0.3 is 0 Å². The molecule has 138 valence electrons. The molecule has 5 nitrogen and oxygen atoms in total. The van der Waals surface area contributed by atoms with Crippen LogP contribution in [0, 0.1) is 12.3 Å². The maximum Gasteiger partial charge on any atom is 0.236 e. The minimum Gasteiger partial charge on any atom is -0.340 e. The molecule has 1 saturated heterocycles. The zero-order chi connectivity index (χ0) is 18.6. The minimum atomic E-state index is -0.342. The summed E-state index contributed by atoms with van der Waals surface area (Å²) in [6.45, 7) is 11.9. The van der Waals surface area contributed by atoms with Gasteiger partial charge in [0.2, 0.25) is 11.8 Å². The standard InChI is InChI=1S/C20H31N3O2/c1-16-8-6-7-9-17(16)14-21(5)18(24)15-22-10-12-23(13-11-22)19(25)20(2,3)4/h6-9H,10-15H2,1-5H3. The largest absolute Gasteiger partial charge is 0.340 e. The zero-order valence-electron chi connectivity index (χ0n) is 16.2. The van der Waals surface area contributed by atoms with E-state index < -0.39 is 0 Å². The number of likely N-dealkylation sites (N-methyl/N-ethyl adjacent to an activating group) is 1. The number of carbonyl (C=O) groups is 2. The van der Waals surface area contributed by atoms with Gasteiger partial charge in [0.15, 0.2) is 0 Å². The molecule has 0 aromatic heterocycles. The van der Waals surface area contributed by atoms with Crippen LogP contribution in [0.2, 0.25) is 0 Å². The number of piperazine rings is 1. The van der Waals surface area contributed by atoms with Gasteiger partial charge in [0, 0.05) is 45.2 Å². The summed E-state index contributed by atoms with van der Waals surface area (Å²) in [4.78, 5) is 30.7. The highest BCUT2D eigenvalue weighted by Gasteiger charge is 2.30. The molecule has 5 heteroatoms. The molecular formula is C20H31N3O2. The second-order valence-electron chi connectivity index (χ2n) is 7.99. The maximum absolute atomic E-state index is 12.5. The van der Waals surface area contributed by atoms with Crippen LogP contribution in [0.4, 0.5) is 0 Å². The molecule has 1 aromatic carbocycles. The van der Waals surface area contributed by atoms with E-state index in [0.29, 0.717) is 26.2 Å². The van der Waals surface area contributed by atoms with Gasteiger partial charge in [0.1, 0.15) is 0 Å². The Balaban J connectivity index is 1.82. The summed E-state index contributed by atoms with van der Waals surface area (Å²) in [5.41, 5.74) is 2.04. The topological polar surface area (TPSA) is 43.9 Å². The maximum atomic E-state index is 12.5. The van der Waals surface area contributed by atoms with E-state index >= 15 is 0 Å². The molecule has 0 N–H and O–H groups in total. The van der Waals surface area contributed by atoms with Crippen LogP contribution in [-0.4, -0.2) is 66.3 Å². The van der Waals surface area contributed by atoms with Crippen molar-refractivity contribution in [2.75, 3.05) is 39.8 Å². The van der Waals surface area contributed by atoms with Crippen molar-refractivity contribution < 1.29 is 9.59 Å². The van der Waals surface area contributed by atoms with E-state index in [1.807, 2.05) is 44.9 Å². The van der Waals surface area contributed by atoms with Crippen molar-refractivity contribution in [2.24, 2.45) is 5.41 Å². The molecule has 1 aliphatic heterocycles. The fourth-order valence-corrected chi connectivity index (χ4v) is 3.03. The van der Waals surface area contributed by atoms with E-state index in [1.54, 1.807) is 4.90 Å². The minimum absolute atomic E-state index is 0.124. The molecule has 0 unspecified atom stereocenters. The van der Waals surface area contributed by atoms with Crippen LogP contribution in [-0.2, 0) is 16.1 Å². The van der Waals surface area contributed by atoms with Crippen molar-refractivity contribution in [3.8, 4) is 0 Å². The third-order valence-electron chi connectivity index (χ3n) is 4.75. The van der Waals surface area contributed by atoms with Crippen molar-refractivity contribution in [1.82, 2.24) is 14.7 Å². The predicted molar refractivity (Wildman–Crippen MR) is 100 cm³/mol. The first-order valence-corrected chi connectivity index (χ1v) is 8.98. The number of amides is 2. The van der Waals surface area contributed by atoms with Crippen LogP contribution in [0.3, 0.4) is 0 Å². The number of benzene rings is 1. The average molecular weight is 345 g/mol. The molecule has 25 heavy (non-hydrogen) atoms. The van der Waals surface area contributed by atoms with Gasteiger partial charge < -0.3 is 9.80 Å². The number of rotatable bonds is 4. The summed E-state index contributed by atoms with van der Waals surface area (Å²) in [5.74, 6) is 0.314. The molecular weight excluding hydrogens is 314 g/mol. The fraction of sp³-hybridized carbons (Fsp3) is 0.600. The van der Waals surface area contributed by atoms with E-state index in [2.05, 4.69) is 24.0 Å². The van der Waals surface area contributed by atoms with Crippen LogP contribution >= 0.6 is 0 Å². The lowest BCUT2D eigenvalue weighted by Crippen LogP contribution is -2.53. The summed E-state index contributed by atoms with van der Waals surface area (Å²) >= 11 is 0. The molecule has 2 amide bonds. The lowest BCUT2D eigenvalue weighted by atomic mass is 9.94. The summed E-state index contributed by atoms with van der Waals surface area (Å²) in [5, 5.41) is 0. The number of carbonyl (C=O) groups excluding carboxylic acids is 2. The molecule has 0 bridgehead atoms. The van der Waals surface area contributed by atoms with E-state index in [-0.39, 0.29) is 17.2 Å². The second kappa shape index (κ2) is 8.00. The Bertz CT molecular complexity index is 614. The summed E-state index contributed by atoms with van der Waals surface area (Å²) in [7, 11) is 1.86. The number of nitrogens with zero attached hydrogens (tertiary/aromatic N) is 3. The van der Waals surface area contributed by atoms with Crippen molar-refractivity contribution in [3.05, 3.63) is 35.4 Å². The molecule has 0 radical (unpaired) electrons. The normalized spacial score (nSPS) is 16.0.